The van der Waals surface area contributed by atoms with Crippen molar-refractivity contribution in [2.75, 3.05) is 45.8 Å². The number of hydrogen-bond acceptors (Lipinski definition) is 14. The van der Waals surface area contributed by atoms with Crippen molar-refractivity contribution in [1.82, 2.24) is 19.1 Å². The van der Waals surface area contributed by atoms with Crippen LogP contribution in [0.5, 0.6) is 0 Å². The van der Waals surface area contributed by atoms with Crippen molar-refractivity contribution in [3.05, 3.63) is 366 Å². The lowest BCUT2D eigenvalue weighted by atomic mass is 9.69. The molecule has 2 aliphatic heterocycles. The molecule has 14 aromatic carbocycles. The fourth-order valence-corrected chi connectivity index (χ4v) is 20.4. The Bertz CT molecular complexity index is 7470. The Morgan fingerprint density at radius 3 is 1.17 bits per heavy atom. The van der Waals surface area contributed by atoms with Crippen LogP contribution in [0.4, 0.5) is 45.5 Å². The molecule has 0 atom stereocenters. The number of pyridine rings is 2. The molecule has 20 aromatic rings. The second-order valence-electron chi connectivity index (χ2n) is 34.6. The molecule has 0 N–H and O–H groups in total. The maximum atomic E-state index is 13.2. The third-order valence-electron chi connectivity index (χ3n) is 25.5. The molecule has 2 aliphatic rings. The summed E-state index contributed by atoms with van der Waals surface area (Å²) in [6.45, 7) is 26.0. The number of aromatic nitrogens is 4. The number of anilines is 8. The van der Waals surface area contributed by atoms with E-state index in [9.17, 15) is 19.2 Å². The van der Waals surface area contributed by atoms with Gasteiger partial charge in [-0.2, -0.15) is 0 Å². The molecule has 0 aliphatic carbocycles. The minimum Gasteiger partial charge on any atom is -0.422 e. The van der Waals surface area contributed by atoms with Crippen LogP contribution in [0.15, 0.2) is 319 Å². The zero-order valence-electron chi connectivity index (χ0n) is 72.8. The smallest absolute Gasteiger partial charge is 0.346 e. The zero-order chi connectivity index (χ0) is 87.1. The van der Waals surface area contributed by atoms with Crippen LogP contribution < -0.4 is 41.7 Å². The molecule has 14 nitrogen and oxygen atoms in total. The Morgan fingerprint density at radius 2 is 0.754 bits per heavy atom. The Kier molecular flexibility index (Phi) is 21.3. The Hall–Kier alpha value is -14.1. The molecule has 22 rings (SSSR count). The normalized spacial score (nSPS) is 13.3. The third kappa shape index (κ3) is 14.8. The highest BCUT2D eigenvalue weighted by atomic mass is 32.1. The van der Waals surface area contributed by atoms with Gasteiger partial charge >= 0.3 is 11.3 Å². The van der Waals surface area contributed by atoms with E-state index in [-0.39, 0.29) is 32.9 Å². The molecule has 0 bridgehead atoms. The predicted octanol–water partition coefficient (Wildman–Crippen LogP) is 27.0. The molecule has 0 amide bonds. The van der Waals surface area contributed by atoms with Crippen LogP contribution in [0.2, 0.25) is 0 Å². The maximum absolute atomic E-state index is 13.2. The van der Waals surface area contributed by atoms with Crippen LogP contribution in [0, 0.1) is 27.7 Å². The SMILES string of the molecule is CC1(C)CCN2CCC(C)(C)c3c2c1cc1cc(-c2nc4ccccc4s2)c(=O)oc31.CCN(CC)c1ccc2cc(-c3nc4ccccc4s3)c(=O)oc2c1.Cc1ccc(N(c2ccc(C)cc2)c2c3ccccc3c(N(c3ccc(C)cc3)c3ccc(C)cc3)c3ccccc23)cc1.Cn1c2ccccc2c(=O)c2cc3c(cc21)c(=O)c1ccccc1n3C. The quantitative estimate of drug-likeness (QED) is 0.0691. The fourth-order valence-electron chi connectivity index (χ4n) is 18.4. The van der Waals surface area contributed by atoms with Crippen molar-refractivity contribution in [3.63, 3.8) is 0 Å². The summed E-state index contributed by atoms with van der Waals surface area (Å²) < 4.78 is 17.8. The van der Waals surface area contributed by atoms with Crippen LogP contribution in [-0.2, 0) is 24.9 Å². The molecule has 0 fully saturated rings. The lowest BCUT2D eigenvalue weighted by molar-refractivity contribution is 0.398. The highest BCUT2D eigenvalue weighted by molar-refractivity contribution is 7.22. The molecule has 8 heterocycles. The van der Waals surface area contributed by atoms with Crippen molar-refractivity contribution in [3.8, 4) is 21.1 Å². The first-order valence-electron chi connectivity index (χ1n) is 43.2. The first kappa shape index (κ1) is 81.6. The highest BCUT2D eigenvalue weighted by Gasteiger charge is 2.42. The molecule has 0 saturated carbocycles. The van der Waals surface area contributed by atoms with E-state index >= 15 is 0 Å². The number of aryl methyl sites for hydroxylation is 6. The lowest BCUT2D eigenvalue weighted by Gasteiger charge is -2.48. The summed E-state index contributed by atoms with van der Waals surface area (Å²) >= 11 is 3.05. The minimum absolute atomic E-state index is 0.00351. The van der Waals surface area contributed by atoms with Crippen LogP contribution in [-0.4, -0.2) is 45.3 Å². The Morgan fingerprint density at radius 1 is 0.381 bits per heavy atom. The summed E-state index contributed by atoms with van der Waals surface area (Å²) in [7, 11) is 3.86. The van der Waals surface area contributed by atoms with Gasteiger partial charge in [-0.05, 0) is 210 Å². The van der Waals surface area contributed by atoms with Crippen molar-refractivity contribution in [1.29, 1.82) is 0 Å². The molecule has 0 unspecified atom stereocenters. The highest BCUT2D eigenvalue weighted by Crippen LogP contribution is 2.54. The number of nitrogens with zero attached hydrogens (tertiary/aromatic N) is 8. The second kappa shape index (κ2) is 32.9. The molecular formula is C110H96N8O6S2. The molecule has 624 valence electrons. The molecular weight excluding hydrogens is 1590 g/mol. The summed E-state index contributed by atoms with van der Waals surface area (Å²) in [4.78, 5) is 70.6. The molecule has 0 saturated heterocycles. The van der Waals surface area contributed by atoms with Gasteiger partial charge in [0.2, 0.25) is 0 Å². The van der Waals surface area contributed by atoms with Crippen molar-refractivity contribution < 1.29 is 8.83 Å². The van der Waals surface area contributed by atoms with E-state index in [0.29, 0.717) is 43.3 Å². The number of thiazole rings is 2. The van der Waals surface area contributed by atoms with Gasteiger partial charge in [-0.3, -0.25) is 9.59 Å². The van der Waals surface area contributed by atoms with Crippen LogP contribution >= 0.6 is 22.7 Å². The van der Waals surface area contributed by atoms with Gasteiger partial charge in [0.1, 0.15) is 21.2 Å². The van der Waals surface area contributed by atoms with Gasteiger partial charge in [0.05, 0.1) is 65.0 Å². The first-order chi connectivity index (χ1) is 61.0. The van der Waals surface area contributed by atoms with Crippen LogP contribution in [0.25, 0.3) is 129 Å². The van der Waals surface area contributed by atoms with Gasteiger partial charge in [-0.25, -0.2) is 19.6 Å². The van der Waals surface area contributed by atoms with E-state index in [1.165, 1.54) is 83.3 Å². The van der Waals surface area contributed by atoms with E-state index in [1.807, 2.05) is 157 Å². The van der Waals surface area contributed by atoms with Crippen molar-refractivity contribution >= 4 is 176 Å². The van der Waals surface area contributed by atoms with Crippen molar-refractivity contribution in [2.24, 2.45) is 14.1 Å². The number of benzene rings is 14. The molecule has 126 heavy (non-hydrogen) atoms. The lowest BCUT2D eigenvalue weighted by Crippen LogP contribution is -2.44. The largest absolute Gasteiger partial charge is 0.422 e. The van der Waals surface area contributed by atoms with Crippen molar-refractivity contribution in [2.45, 2.75) is 92.9 Å². The maximum Gasteiger partial charge on any atom is 0.346 e. The second-order valence-corrected chi connectivity index (χ2v) is 36.6. The zero-order valence-corrected chi connectivity index (χ0v) is 74.4. The van der Waals surface area contributed by atoms with Gasteiger partial charge < -0.3 is 37.6 Å². The standard InChI is InChI=1S/C42H36N2.C26H26N2O2S.C22H16N2O2.C20H18N2O2S/c1-29-13-21-33(22-14-29)43(34-23-15-30(2)16-24-34)41-37-9-5-7-11-39(37)42(40-12-8-6-10-38(40)41)44(35-25-17-31(3)18-26-35)36-27-19-32(4)20-28-36;1-25(2)9-11-28-12-10-26(3,4)20-21(28)17(25)14-15-13-16(24(29)30-22(15)20)23-27-18-7-5-6-8-19(18)31-23;1-23-17-9-5-3-7-13(17)21(25)15-12-20-16(11-19(15)23)22(26)14-8-4-6-10-18(14)24(20)2;1-3-22(4-2)14-10-9-13-11-15(20(23)24-17(13)12-14)19-21-16-7-5-6-8-18(16)25-19/h5-28H,1-4H3;5-8,13-14H,9-12H2,1-4H3;3-12H,1-2H3;5-12H,3-4H2,1-2H3. The molecule has 0 radical (unpaired) electrons. The summed E-state index contributed by atoms with van der Waals surface area (Å²) in [5.41, 5.74) is 23.7. The van der Waals surface area contributed by atoms with Gasteiger partial charge in [-0.15, -0.1) is 22.7 Å². The average molecular weight is 1690 g/mol. The van der Waals surface area contributed by atoms with Crippen LogP contribution in [0.1, 0.15) is 87.8 Å². The van der Waals surface area contributed by atoms with Gasteiger partial charge in [0, 0.05) is 140 Å². The summed E-state index contributed by atoms with van der Waals surface area (Å²) in [5, 5.41) is 10.8. The van der Waals surface area contributed by atoms with E-state index < -0.39 is 0 Å². The number of rotatable bonds is 11. The van der Waals surface area contributed by atoms with Crippen LogP contribution in [0.3, 0.4) is 0 Å². The summed E-state index contributed by atoms with van der Waals surface area (Å²) in [6, 6.07) is 100. The number of fused-ring (bicyclic) bond motifs is 11. The fraction of sp³-hybridized carbons (Fsp3) is 0.182. The molecule has 16 heteroatoms. The van der Waals surface area contributed by atoms with E-state index in [4.69, 9.17) is 13.8 Å². The number of para-hydroxylation sites is 4. The predicted molar refractivity (Wildman–Crippen MR) is 530 cm³/mol. The monoisotopic (exact) mass is 1690 g/mol. The number of hydrogen-bond donors (Lipinski definition) is 0. The third-order valence-corrected chi connectivity index (χ3v) is 27.6. The van der Waals surface area contributed by atoms with Gasteiger partial charge in [0.25, 0.3) is 0 Å². The summed E-state index contributed by atoms with van der Waals surface area (Å²) in [5.74, 6) is 0. The summed E-state index contributed by atoms with van der Waals surface area (Å²) in [6.07, 6.45) is 2.19. The topological polar surface area (TPSA) is 143 Å². The molecule has 0 spiro atoms. The van der Waals surface area contributed by atoms with E-state index in [0.717, 1.165) is 131 Å². The van der Waals surface area contributed by atoms with Gasteiger partial charge in [-0.1, -0.05) is 196 Å². The van der Waals surface area contributed by atoms with E-state index in [1.54, 1.807) is 11.3 Å². The van der Waals surface area contributed by atoms with E-state index in [2.05, 4.69) is 252 Å². The Labute approximate surface area is 738 Å². The minimum atomic E-state index is -0.344. The average Bonchev–Trinajstić information content (AvgIpc) is 0.726. The Balaban J connectivity index is 0.000000113. The molecule has 6 aromatic heterocycles. The first-order valence-corrected chi connectivity index (χ1v) is 44.8. The van der Waals surface area contributed by atoms with Gasteiger partial charge in [0.15, 0.2) is 10.9 Å².